The number of fused-ring (bicyclic) bond motifs is 1. The van der Waals surface area contributed by atoms with E-state index >= 15 is 0 Å². The van der Waals surface area contributed by atoms with Gasteiger partial charge in [-0.3, -0.25) is 9.59 Å². The molecule has 2 aromatic rings. The highest BCUT2D eigenvalue weighted by atomic mass is 79.9. The molecule has 1 aliphatic rings. The molecule has 0 saturated heterocycles. The third-order valence-corrected chi connectivity index (χ3v) is 5.40. The lowest BCUT2D eigenvalue weighted by Crippen LogP contribution is -2.47. The Morgan fingerprint density at radius 3 is 2.56 bits per heavy atom. The lowest BCUT2D eigenvalue weighted by molar-refractivity contribution is -0.122. The van der Waals surface area contributed by atoms with Gasteiger partial charge in [0.25, 0.3) is 5.91 Å². The van der Waals surface area contributed by atoms with Crippen molar-refractivity contribution in [1.82, 2.24) is 4.90 Å². The molecule has 1 atom stereocenters. The minimum absolute atomic E-state index is 0.00908. The minimum atomic E-state index is -0.510. The molecule has 3 rings (SSSR count). The van der Waals surface area contributed by atoms with Gasteiger partial charge in [0.1, 0.15) is 6.04 Å². The van der Waals surface area contributed by atoms with E-state index in [1.165, 1.54) is 0 Å². The molecule has 1 heterocycles. The first-order valence-electron chi connectivity index (χ1n) is 8.34. The summed E-state index contributed by atoms with van der Waals surface area (Å²) in [6.07, 6.45) is 0. The van der Waals surface area contributed by atoms with Gasteiger partial charge in [0, 0.05) is 22.3 Å². The zero-order valence-corrected chi connectivity index (χ0v) is 16.1. The zero-order chi connectivity index (χ0) is 18.1. The van der Waals surface area contributed by atoms with Crippen molar-refractivity contribution in [3.8, 4) is 0 Å². The molecule has 0 aromatic heterocycles. The summed E-state index contributed by atoms with van der Waals surface area (Å²) in [5.41, 5.74) is 3.45. The number of amides is 2. The summed E-state index contributed by atoms with van der Waals surface area (Å²) in [5.74, 6) is -0.218. The SMILES string of the molecule is Cc1cc(NC(=O)[C@H](C(C)C)N2Cc3ccccc3C2=O)ccc1Br. The second kappa shape index (κ2) is 7.00. The van der Waals surface area contributed by atoms with Gasteiger partial charge in [-0.05, 0) is 48.2 Å². The van der Waals surface area contributed by atoms with Gasteiger partial charge >= 0.3 is 0 Å². The molecule has 5 heteroatoms. The van der Waals surface area contributed by atoms with Crippen LogP contribution in [0.4, 0.5) is 5.69 Å². The van der Waals surface area contributed by atoms with E-state index in [0.717, 1.165) is 21.3 Å². The highest BCUT2D eigenvalue weighted by Gasteiger charge is 2.37. The standard InChI is InChI=1S/C20H21BrN2O2/c1-12(2)18(19(24)22-15-8-9-17(21)13(3)10-15)23-11-14-6-4-5-7-16(14)20(23)25/h4-10,12,18H,11H2,1-3H3,(H,22,24)/t18-/m0/s1. The number of benzene rings is 2. The van der Waals surface area contributed by atoms with E-state index in [-0.39, 0.29) is 17.7 Å². The molecule has 2 aromatic carbocycles. The van der Waals surface area contributed by atoms with Crippen LogP contribution in [0, 0.1) is 12.8 Å². The fourth-order valence-electron chi connectivity index (χ4n) is 3.24. The average Bonchev–Trinajstić information content (AvgIpc) is 2.88. The lowest BCUT2D eigenvalue weighted by atomic mass is 10.0. The number of aryl methyl sites for hydroxylation is 1. The third kappa shape index (κ3) is 3.47. The third-order valence-electron chi connectivity index (χ3n) is 4.51. The number of hydrogen-bond acceptors (Lipinski definition) is 2. The molecule has 1 N–H and O–H groups in total. The van der Waals surface area contributed by atoms with Gasteiger partial charge in [-0.15, -0.1) is 0 Å². The smallest absolute Gasteiger partial charge is 0.255 e. The predicted octanol–water partition coefficient (Wildman–Crippen LogP) is 4.38. The maximum atomic E-state index is 12.9. The number of carbonyl (C=O) groups is 2. The molecule has 0 bridgehead atoms. The predicted molar refractivity (Wildman–Crippen MR) is 102 cm³/mol. The largest absolute Gasteiger partial charge is 0.324 e. The molecular weight excluding hydrogens is 380 g/mol. The number of nitrogens with zero attached hydrogens (tertiary/aromatic N) is 1. The molecule has 0 saturated carbocycles. The Kier molecular flexibility index (Phi) is 4.95. The summed E-state index contributed by atoms with van der Waals surface area (Å²) in [5, 5.41) is 2.96. The zero-order valence-electron chi connectivity index (χ0n) is 14.5. The number of hydrogen-bond donors (Lipinski definition) is 1. The Bertz CT molecular complexity index is 832. The van der Waals surface area contributed by atoms with Crippen molar-refractivity contribution in [1.29, 1.82) is 0 Å². The highest BCUT2D eigenvalue weighted by Crippen LogP contribution is 2.28. The molecule has 0 spiro atoms. The van der Waals surface area contributed by atoms with Gasteiger partial charge in [0.05, 0.1) is 0 Å². The summed E-state index contributed by atoms with van der Waals surface area (Å²) in [7, 11) is 0. The molecular formula is C20H21BrN2O2. The van der Waals surface area contributed by atoms with Gasteiger partial charge in [-0.25, -0.2) is 0 Å². The van der Waals surface area contributed by atoms with Crippen LogP contribution in [0.1, 0.15) is 35.3 Å². The van der Waals surface area contributed by atoms with E-state index in [1.807, 2.05) is 63.2 Å². The van der Waals surface area contributed by atoms with Crippen LogP contribution in [-0.4, -0.2) is 22.8 Å². The van der Waals surface area contributed by atoms with Crippen molar-refractivity contribution < 1.29 is 9.59 Å². The van der Waals surface area contributed by atoms with E-state index in [2.05, 4.69) is 21.2 Å². The van der Waals surface area contributed by atoms with E-state index < -0.39 is 6.04 Å². The van der Waals surface area contributed by atoms with Crippen molar-refractivity contribution in [2.75, 3.05) is 5.32 Å². The average molecular weight is 401 g/mol. The summed E-state index contributed by atoms with van der Waals surface area (Å²) in [6.45, 7) is 6.38. The van der Waals surface area contributed by atoms with Gasteiger partial charge in [0.2, 0.25) is 5.91 Å². The van der Waals surface area contributed by atoms with Crippen LogP contribution in [-0.2, 0) is 11.3 Å². The molecule has 25 heavy (non-hydrogen) atoms. The molecule has 130 valence electrons. The van der Waals surface area contributed by atoms with Gasteiger partial charge in [-0.2, -0.15) is 0 Å². The Labute approximate surface area is 156 Å². The number of anilines is 1. The van der Waals surface area contributed by atoms with Crippen molar-refractivity contribution >= 4 is 33.4 Å². The Balaban J connectivity index is 1.83. The van der Waals surface area contributed by atoms with E-state index in [0.29, 0.717) is 12.1 Å². The fourth-order valence-corrected chi connectivity index (χ4v) is 3.49. The van der Waals surface area contributed by atoms with Gasteiger partial charge in [-0.1, -0.05) is 48.0 Å². The number of carbonyl (C=O) groups excluding carboxylic acids is 2. The van der Waals surface area contributed by atoms with Crippen molar-refractivity contribution in [2.24, 2.45) is 5.92 Å². The molecule has 0 radical (unpaired) electrons. The summed E-state index contributed by atoms with van der Waals surface area (Å²) in [4.78, 5) is 27.3. The van der Waals surface area contributed by atoms with Crippen LogP contribution >= 0.6 is 15.9 Å². The Morgan fingerprint density at radius 2 is 1.92 bits per heavy atom. The van der Waals surface area contributed by atoms with Crippen LogP contribution in [0.2, 0.25) is 0 Å². The minimum Gasteiger partial charge on any atom is -0.324 e. The summed E-state index contributed by atoms with van der Waals surface area (Å²) >= 11 is 3.46. The maximum Gasteiger partial charge on any atom is 0.255 e. The Morgan fingerprint density at radius 1 is 1.20 bits per heavy atom. The topological polar surface area (TPSA) is 49.4 Å². The summed E-state index contributed by atoms with van der Waals surface area (Å²) in [6, 6.07) is 12.7. The maximum absolute atomic E-state index is 12.9. The Hall–Kier alpha value is -2.14. The molecule has 0 unspecified atom stereocenters. The second-order valence-electron chi connectivity index (χ2n) is 6.73. The van der Waals surface area contributed by atoms with E-state index in [4.69, 9.17) is 0 Å². The highest BCUT2D eigenvalue weighted by molar-refractivity contribution is 9.10. The molecule has 0 fully saturated rings. The first kappa shape index (κ1) is 17.7. The van der Waals surface area contributed by atoms with Crippen molar-refractivity contribution in [3.05, 3.63) is 63.6 Å². The van der Waals surface area contributed by atoms with E-state index in [1.54, 1.807) is 4.90 Å². The van der Waals surface area contributed by atoms with Crippen LogP contribution in [0.25, 0.3) is 0 Å². The lowest BCUT2D eigenvalue weighted by Gasteiger charge is -2.30. The van der Waals surface area contributed by atoms with Crippen LogP contribution in [0.3, 0.4) is 0 Å². The monoisotopic (exact) mass is 400 g/mol. The number of rotatable bonds is 4. The normalized spacial score (nSPS) is 14.6. The van der Waals surface area contributed by atoms with Crippen LogP contribution < -0.4 is 5.32 Å². The second-order valence-corrected chi connectivity index (χ2v) is 7.59. The van der Waals surface area contributed by atoms with Crippen LogP contribution in [0.5, 0.6) is 0 Å². The molecule has 4 nitrogen and oxygen atoms in total. The van der Waals surface area contributed by atoms with Crippen molar-refractivity contribution in [3.63, 3.8) is 0 Å². The quantitative estimate of drug-likeness (QED) is 0.827. The fraction of sp³-hybridized carbons (Fsp3) is 0.300. The number of halogens is 1. The van der Waals surface area contributed by atoms with Gasteiger partial charge < -0.3 is 10.2 Å². The summed E-state index contributed by atoms with van der Waals surface area (Å²) < 4.78 is 0.996. The first-order valence-corrected chi connectivity index (χ1v) is 9.13. The number of nitrogens with one attached hydrogen (secondary N) is 1. The molecule has 0 aliphatic carbocycles. The molecule has 2 amide bonds. The van der Waals surface area contributed by atoms with E-state index in [9.17, 15) is 9.59 Å². The van der Waals surface area contributed by atoms with Crippen LogP contribution in [0.15, 0.2) is 46.9 Å². The van der Waals surface area contributed by atoms with Gasteiger partial charge in [0.15, 0.2) is 0 Å². The van der Waals surface area contributed by atoms with Crippen molar-refractivity contribution in [2.45, 2.75) is 33.4 Å². The first-order chi connectivity index (χ1) is 11.9. The molecule has 1 aliphatic heterocycles.